The van der Waals surface area contributed by atoms with Gasteiger partial charge in [-0.1, -0.05) is 40.9 Å². The number of carbonyl (C=O) groups is 1. The van der Waals surface area contributed by atoms with Gasteiger partial charge in [0.25, 0.3) is 0 Å². The number of rotatable bonds is 2. The summed E-state index contributed by atoms with van der Waals surface area (Å²) in [6.45, 7) is 0. The molecule has 0 unspecified atom stereocenters. The molecule has 0 aliphatic rings. The Morgan fingerprint density at radius 3 is 2.16 bits per heavy atom. The van der Waals surface area contributed by atoms with Crippen molar-refractivity contribution in [1.82, 2.24) is 0 Å². The zero-order chi connectivity index (χ0) is 14.2. The van der Waals surface area contributed by atoms with Gasteiger partial charge in [0.1, 0.15) is 5.82 Å². The van der Waals surface area contributed by atoms with Crippen LogP contribution in [0.2, 0.25) is 15.1 Å². The average Bonchev–Trinajstić information content (AvgIpc) is 2.29. The van der Waals surface area contributed by atoms with Crippen LogP contribution in [0.4, 0.5) is 4.39 Å². The molecule has 0 radical (unpaired) electrons. The van der Waals surface area contributed by atoms with E-state index in [4.69, 9.17) is 39.9 Å². The van der Waals surface area contributed by atoms with E-state index in [1.807, 2.05) is 0 Å². The van der Waals surface area contributed by atoms with Crippen molar-refractivity contribution < 1.29 is 14.3 Å². The van der Waals surface area contributed by atoms with Gasteiger partial charge in [-0.05, 0) is 29.8 Å². The fraction of sp³-hybridized carbons (Fsp3) is 0. The highest BCUT2D eigenvalue weighted by Crippen LogP contribution is 2.38. The number of carboxylic acid groups (broad SMARTS) is 1. The van der Waals surface area contributed by atoms with Crippen molar-refractivity contribution in [3.8, 4) is 11.1 Å². The van der Waals surface area contributed by atoms with Crippen LogP contribution in [0, 0.1) is 5.82 Å². The predicted octanol–water partition coefficient (Wildman–Crippen LogP) is 5.15. The standard InChI is InChI=1S/C13H6Cl3FO2/c14-6-3-10(15)12(11(16)4-6)8-2-1-7(17)5-9(8)13(18)19/h1-5H,(H,18,19). The minimum absolute atomic E-state index is 0.201. The molecule has 2 rings (SSSR count). The SMILES string of the molecule is O=C(O)c1cc(F)ccc1-c1c(Cl)cc(Cl)cc1Cl. The highest BCUT2D eigenvalue weighted by atomic mass is 35.5. The van der Waals surface area contributed by atoms with Crippen molar-refractivity contribution in [3.05, 3.63) is 56.8 Å². The quantitative estimate of drug-likeness (QED) is 0.831. The monoisotopic (exact) mass is 318 g/mol. The van der Waals surface area contributed by atoms with Gasteiger partial charge < -0.3 is 5.11 Å². The molecule has 0 bridgehead atoms. The summed E-state index contributed by atoms with van der Waals surface area (Å²) in [6, 6.07) is 6.26. The molecule has 0 amide bonds. The summed E-state index contributed by atoms with van der Waals surface area (Å²) in [7, 11) is 0. The van der Waals surface area contributed by atoms with E-state index < -0.39 is 11.8 Å². The first-order valence-electron chi connectivity index (χ1n) is 5.08. The Labute approximate surface area is 123 Å². The van der Waals surface area contributed by atoms with Crippen LogP contribution in [0.3, 0.4) is 0 Å². The van der Waals surface area contributed by atoms with Crippen LogP contribution in [0.1, 0.15) is 10.4 Å². The van der Waals surface area contributed by atoms with Crippen LogP contribution >= 0.6 is 34.8 Å². The van der Waals surface area contributed by atoms with Gasteiger partial charge in [0.05, 0.1) is 15.6 Å². The van der Waals surface area contributed by atoms with Crippen LogP contribution in [-0.2, 0) is 0 Å². The number of hydrogen-bond acceptors (Lipinski definition) is 1. The third kappa shape index (κ3) is 2.84. The lowest BCUT2D eigenvalue weighted by molar-refractivity contribution is 0.0697. The van der Waals surface area contributed by atoms with Crippen LogP contribution in [0.5, 0.6) is 0 Å². The summed E-state index contributed by atoms with van der Waals surface area (Å²) in [5, 5.41) is 9.84. The maximum absolute atomic E-state index is 13.1. The molecule has 19 heavy (non-hydrogen) atoms. The number of halogens is 4. The van der Waals surface area contributed by atoms with Gasteiger partial charge in [0, 0.05) is 10.6 Å². The second kappa shape index (κ2) is 5.37. The fourth-order valence-electron chi connectivity index (χ4n) is 1.71. The van der Waals surface area contributed by atoms with E-state index in [1.54, 1.807) is 0 Å². The van der Waals surface area contributed by atoms with Gasteiger partial charge in [-0.15, -0.1) is 0 Å². The van der Waals surface area contributed by atoms with Gasteiger partial charge in [0.2, 0.25) is 0 Å². The average molecular weight is 320 g/mol. The van der Waals surface area contributed by atoms with Crippen LogP contribution < -0.4 is 0 Å². The Morgan fingerprint density at radius 1 is 1.05 bits per heavy atom. The highest BCUT2D eigenvalue weighted by molar-refractivity contribution is 6.42. The predicted molar refractivity (Wildman–Crippen MR) is 73.8 cm³/mol. The molecule has 1 N–H and O–H groups in total. The highest BCUT2D eigenvalue weighted by Gasteiger charge is 2.18. The molecule has 0 saturated heterocycles. The van der Waals surface area contributed by atoms with Gasteiger partial charge in [-0.2, -0.15) is 0 Å². The molecule has 0 heterocycles. The van der Waals surface area contributed by atoms with Crippen LogP contribution in [0.15, 0.2) is 30.3 Å². The van der Waals surface area contributed by atoms with Crippen molar-refractivity contribution in [1.29, 1.82) is 0 Å². The molecule has 0 spiro atoms. The van der Waals surface area contributed by atoms with Gasteiger partial charge in [0.15, 0.2) is 0 Å². The third-order valence-electron chi connectivity index (χ3n) is 2.49. The van der Waals surface area contributed by atoms with E-state index in [9.17, 15) is 9.18 Å². The summed E-state index contributed by atoms with van der Waals surface area (Å²) < 4.78 is 13.1. The minimum Gasteiger partial charge on any atom is -0.478 e. The van der Waals surface area contributed by atoms with Crippen molar-refractivity contribution >= 4 is 40.8 Å². The zero-order valence-corrected chi connectivity index (χ0v) is 11.5. The second-order valence-corrected chi connectivity index (χ2v) is 4.99. The van der Waals surface area contributed by atoms with Gasteiger partial charge in [-0.25, -0.2) is 9.18 Å². The van der Waals surface area contributed by atoms with E-state index in [2.05, 4.69) is 0 Å². The first-order chi connectivity index (χ1) is 8.90. The van der Waals surface area contributed by atoms with E-state index in [-0.39, 0.29) is 21.2 Å². The molecular formula is C13H6Cl3FO2. The Bertz CT molecular complexity index is 648. The summed E-state index contributed by atoms with van der Waals surface area (Å²) in [5.74, 6) is -1.92. The molecule has 0 fully saturated rings. The Kier molecular flexibility index (Phi) is 3.99. The van der Waals surface area contributed by atoms with Crippen LogP contribution in [0.25, 0.3) is 11.1 Å². The number of hydrogen-bond donors (Lipinski definition) is 1. The van der Waals surface area contributed by atoms with E-state index in [0.29, 0.717) is 10.6 Å². The normalized spacial score (nSPS) is 10.5. The maximum atomic E-state index is 13.1. The summed E-state index contributed by atoms with van der Waals surface area (Å²) >= 11 is 17.9. The zero-order valence-electron chi connectivity index (χ0n) is 9.25. The van der Waals surface area contributed by atoms with Crippen molar-refractivity contribution in [2.24, 2.45) is 0 Å². The fourth-order valence-corrected chi connectivity index (χ4v) is 2.73. The molecule has 2 aromatic rings. The lowest BCUT2D eigenvalue weighted by Gasteiger charge is -2.11. The van der Waals surface area contributed by atoms with Gasteiger partial charge in [-0.3, -0.25) is 0 Å². The molecule has 0 aliphatic heterocycles. The van der Waals surface area contributed by atoms with Crippen molar-refractivity contribution in [2.75, 3.05) is 0 Å². The molecule has 0 aromatic heterocycles. The lowest BCUT2D eigenvalue weighted by atomic mass is 9.99. The maximum Gasteiger partial charge on any atom is 0.336 e. The van der Waals surface area contributed by atoms with E-state index in [1.165, 1.54) is 18.2 Å². The van der Waals surface area contributed by atoms with E-state index >= 15 is 0 Å². The summed E-state index contributed by atoms with van der Waals surface area (Å²) in [6.07, 6.45) is 0. The Morgan fingerprint density at radius 2 is 1.63 bits per heavy atom. The molecule has 0 aliphatic carbocycles. The summed E-state index contributed by atoms with van der Waals surface area (Å²) in [4.78, 5) is 11.2. The van der Waals surface area contributed by atoms with Crippen molar-refractivity contribution in [3.63, 3.8) is 0 Å². The summed E-state index contributed by atoms with van der Waals surface area (Å²) in [5.41, 5.74) is 0.330. The number of aromatic carboxylic acids is 1. The number of carboxylic acids is 1. The minimum atomic E-state index is -1.27. The van der Waals surface area contributed by atoms with Gasteiger partial charge >= 0.3 is 5.97 Å². The molecule has 6 heteroatoms. The smallest absolute Gasteiger partial charge is 0.336 e. The second-order valence-electron chi connectivity index (χ2n) is 3.74. The first-order valence-corrected chi connectivity index (χ1v) is 6.21. The molecular weight excluding hydrogens is 313 g/mol. The molecule has 2 aromatic carbocycles. The lowest BCUT2D eigenvalue weighted by Crippen LogP contribution is -2.01. The molecule has 2 nitrogen and oxygen atoms in total. The molecule has 0 saturated carbocycles. The first kappa shape index (κ1) is 14.1. The van der Waals surface area contributed by atoms with E-state index in [0.717, 1.165) is 12.1 Å². The topological polar surface area (TPSA) is 37.3 Å². The largest absolute Gasteiger partial charge is 0.478 e. The van der Waals surface area contributed by atoms with Crippen molar-refractivity contribution in [2.45, 2.75) is 0 Å². The molecule has 0 atom stereocenters. The Balaban J connectivity index is 2.76. The Hall–Kier alpha value is -1.29. The molecule has 98 valence electrons. The van der Waals surface area contributed by atoms with Crippen LogP contribution in [-0.4, -0.2) is 11.1 Å². The third-order valence-corrected chi connectivity index (χ3v) is 3.30. The number of benzene rings is 2.